The number of hydrogen-bond donors (Lipinski definition) is 2. The van der Waals surface area contributed by atoms with Gasteiger partial charge in [0.1, 0.15) is 0 Å². The molecular formula is C22H17ClF3N3O5S. The highest BCUT2D eigenvalue weighted by Crippen LogP contribution is 2.36. The van der Waals surface area contributed by atoms with E-state index in [1.807, 2.05) is 0 Å². The summed E-state index contributed by atoms with van der Waals surface area (Å²) in [5, 5.41) is 11.1. The van der Waals surface area contributed by atoms with Gasteiger partial charge in [-0.1, -0.05) is 23.7 Å². The van der Waals surface area contributed by atoms with Crippen molar-refractivity contribution >= 4 is 45.0 Å². The third-order valence-corrected chi connectivity index (χ3v) is 6.70. The van der Waals surface area contributed by atoms with Crippen molar-refractivity contribution in [1.29, 1.82) is 0 Å². The highest BCUT2D eigenvalue weighted by Gasteiger charge is 2.34. The quantitative estimate of drug-likeness (QED) is 0.455. The molecule has 184 valence electrons. The third-order valence-electron chi connectivity index (χ3n) is 4.68. The lowest BCUT2D eigenvalue weighted by Gasteiger charge is -2.25. The minimum atomic E-state index is -4.74. The van der Waals surface area contributed by atoms with E-state index < -0.39 is 38.6 Å². The Bertz CT molecular complexity index is 1360. The second kappa shape index (κ2) is 9.92. The second-order valence-electron chi connectivity index (χ2n) is 7.25. The van der Waals surface area contributed by atoms with Crippen LogP contribution in [0.1, 0.15) is 28.4 Å². The number of halogens is 4. The van der Waals surface area contributed by atoms with Crippen molar-refractivity contribution in [3.8, 4) is 0 Å². The number of nitrogens with one attached hydrogen (secondary N) is 1. The molecule has 0 saturated carbocycles. The van der Waals surface area contributed by atoms with Gasteiger partial charge in [0.05, 0.1) is 27.6 Å². The van der Waals surface area contributed by atoms with Gasteiger partial charge in [0.2, 0.25) is 5.91 Å². The molecule has 3 aromatic rings. The maximum atomic E-state index is 13.5. The van der Waals surface area contributed by atoms with Gasteiger partial charge in [0, 0.05) is 18.8 Å². The zero-order valence-corrected chi connectivity index (χ0v) is 19.4. The summed E-state index contributed by atoms with van der Waals surface area (Å²) in [5.74, 6) is -2.03. The Hall–Kier alpha value is -3.64. The number of anilines is 2. The molecule has 2 aromatic carbocycles. The van der Waals surface area contributed by atoms with Gasteiger partial charge < -0.3 is 10.4 Å². The summed E-state index contributed by atoms with van der Waals surface area (Å²) in [5.41, 5.74) is -0.461. The van der Waals surface area contributed by atoms with Gasteiger partial charge in [-0.05, 0) is 48.0 Å². The van der Waals surface area contributed by atoms with Crippen LogP contribution in [0.25, 0.3) is 0 Å². The smallest absolute Gasteiger partial charge is 0.417 e. The number of carboxylic acids is 1. The number of benzene rings is 2. The number of alkyl halides is 3. The number of nitrogens with zero attached hydrogens (tertiary/aromatic N) is 2. The molecule has 0 saturated heterocycles. The van der Waals surface area contributed by atoms with Crippen LogP contribution in [0.5, 0.6) is 0 Å². The van der Waals surface area contributed by atoms with Crippen molar-refractivity contribution in [3.63, 3.8) is 0 Å². The van der Waals surface area contributed by atoms with Crippen molar-refractivity contribution in [2.75, 3.05) is 9.62 Å². The van der Waals surface area contributed by atoms with E-state index in [2.05, 4.69) is 10.3 Å². The number of pyridine rings is 1. The molecule has 0 aliphatic rings. The lowest BCUT2D eigenvalue weighted by atomic mass is 10.2. The van der Waals surface area contributed by atoms with Crippen LogP contribution in [-0.4, -0.2) is 30.4 Å². The summed E-state index contributed by atoms with van der Waals surface area (Å²) in [6, 6.07) is 10.9. The Labute approximate surface area is 203 Å². The average molecular weight is 528 g/mol. The molecule has 1 aromatic heterocycles. The maximum absolute atomic E-state index is 13.5. The summed E-state index contributed by atoms with van der Waals surface area (Å²) >= 11 is 6.05. The molecule has 0 radical (unpaired) electrons. The van der Waals surface area contributed by atoms with Crippen molar-refractivity contribution < 1.29 is 36.3 Å². The minimum absolute atomic E-state index is 0.158. The van der Waals surface area contributed by atoms with Crippen molar-refractivity contribution in [2.24, 2.45) is 0 Å². The fourth-order valence-electron chi connectivity index (χ4n) is 3.00. The molecular weight excluding hydrogens is 511 g/mol. The van der Waals surface area contributed by atoms with Crippen molar-refractivity contribution in [2.45, 2.75) is 24.5 Å². The topological polar surface area (TPSA) is 117 Å². The van der Waals surface area contributed by atoms with Gasteiger partial charge >= 0.3 is 12.1 Å². The molecule has 0 aliphatic carbocycles. The number of sulfonamides is 1. The largest absolute Gasteiger partial charge is 0.478 e. The molecule has 3 rings (SSSR count). The van der Waals surface area contributed by atoms with Crippen LogP contribution in [0.4, 0.5) is 24.7 Å². The molecule has 0 spiro atoms. The van der Waals surface area contributed by atoms with E-state index in [0.29, 0.717) is 23.5 Å². The molecule has 35 heavy (non-hydrogen) atoms. The first-order chi connectivity index (χ1) is 16.3. The first kappa shape index (κ1) is 26.0. The number of carbonyl (C=O) groups excluding carboxylic acids is 1. The standard InChI is InChI=1S/C22H17ClF3N3O5S/c1-13(30)28-17-6-2-14(3-7-17)12-29(20-19(23)10-16(11-27-20)22(24,25)26)35(33,34)18-8-4-15(5-9-18)21(31)32/h2-11H,12H2,1H3,(H,28,30)(H,31,32). The molecule has 0 fully saturated rings. The normalized spacial score (nSPS) is 11.7. The van der Waals surface area contributed by atoms with Crippen LogP contribution < -0.4 is 9.62 Å². The van der Waals surface area contributed by atoms with Crippen LogP contribution >= 0.6 is 11.6 Å². The van der Waals surface area contributed by atoms with E-state index in [-0.39, 0.29) is 22.9 Å². The molecule has 2 N–H and O–H groups in total. The summed E-state index contributed by atoms with van der Waals surface area (Å²) in [7, 11) is -4.45. The first-order valence-corrected chi connectivity index (χ1v) is 11.6. The molecule has 8 nitrogen and oxygen atoms in total. The van der Waals surface area contributed by atoms with E-state index in [1.165, 1.54) is 31.2 Å². The van der Waals surface area contributed by atoms with Gasteiger partial charge in [-0.3, -0.25) is 4.79 Å². The predicted octanol–water partition coefficient (Wildman–Crippen LogP) is 4.81. The summed E-state index contributed by atoms with van der Waals surface area (Å²) < 4.78 is 66.9. The number of carbonyl (C=O) groups is 2. The number of carboxylic acid groups (broad SMARTS) is 1. The molecule has 0 bridgehead atoms. The SMILES string of the molecule is CC(=O)Nc1ccc(CN(c2ncc(C(F)(F)F)cc2Cl)S(=O)(=O)c2ccc(C(=O)O)cc2)cc1. The number of rotatable bonds is 7. The summed E-state index contributed by atoms with van der Waals surface area (Å²) in [6.45, 7) is 0.942. The third kappa shape index (κ3) is 6.08. The second-order valence-corrected chi connectivity index (χ2v) is 9.52. The van der Waals surface area contributed by atoms with Gasteiger partial charge in [-0.25, -0.2) is 22.5 Å². The molecule has 1 heterocycles. The van der Waals surface area contributed by atoms with Crippen LogP contribution in [0.2, 0.25) is 5.02 Å². The molecule has 0 atom stereocenters. The van der Waals surface area contributed by atoms with Gasteiger partial charge in [-0.2, -0.15) is 13.2 Å². The number of amides is 1. The Morgan fingerprint density at radius 3 is 2.17 bits per heavy atom. The van der Waals surface area contributed by atoms with E-state index >= 15 is 0 Å². The lowest BCUT2D eigenvalue weighted by Crippen LogP contribution is -2.32. The Morgan fingerprint density at radius 2 is 1.69 bits per heavy atom. The zero-order chi connectivity index (χ0) is 26.0. The van der Waals surface area contributed by atoms with Gasteiger partial charge in [-0.15, -0.1) is 0 Å². The van der Waals surface area contributed by atoms with Gasteiger partial charge in [0.15, 0.2) is 5.82 Å². The van der Waals surface area contributed by atoms with Crippen molar-refractivity contribution in [1.82, 2.24) is 4.98 Å². The van der Waals surface area contributed by atoms with Crippen LogP contribution in [0.3, 0.4) is 0 Å². The van der Waals surface area contributed by atoms with Crippen molar-refractivity contribution in [3.05, 3.63) is 82.5 Å². The monoisotopic (exact) mass is 527 g/mol. The van der Waals surface area contributed by atoms with Gasteiger partial charge in [0.25, 0.3) is 10.0 Å². The first-order valence-electron chi connectivity index (χ1n) is 9.74. The Balaban J connectivity index is 2.08. The van der Waals surface area contributed by atoms with E-state index in [4.69, 9.17) is 16.7 Å². The van der Waals surface area contributed by atoms with Crippen LogP contribution in [-0.2, 0) is 27.5 Å². The maximum Gasteiger partial charge on any atom is 0.417 e. The highest BCUT2D eigenvalue weighted by atomic mass is 35.5. The highest BCUT2D eigenvalue weighted by molar-refractivity contribution is 7.92. The molecule has 13 heteroatoms. The van der Waals surface area contributed by atoms with E-state index in [0.717, 1.165) is 28.6 Å². The molecule has 1 amide bonds. The van der Waals surface area contributed by atoms with Crippen LogP contribution in [0.15, 0.2) is 65.7 Å². The average Bonchev–Trinajstić information content (AvgIpc) is 2.78. The molecule has 0 aliphatic heterocycles. The Kier molecular flexibility index (Phi) is 7.36. The van der Waals surface area contributed by atoms with E-state index in [9.17, 15) is 31.2 Å². The number of aromatic carboxylic acids is 1. The summed E-state index contributed by atoms with van der Waals surface area (Å²) in [6.07, 6.45) is -4.28. The fraction of sp³-hybridized carbons (Fsp3) is 0.136. The van der Waals surface area contributed by atoms with Crippen LogP contribution in [0, 0.1) is 0 Å². The number of aromatic nitrogens is 1. The Morgan fingerprint density at radius 1 is 1.09 bits per heavy atom. The minimum Gasteiger partial charge on any atom is -0.478 e. The predicted molar refractivity (Wildman–Crippen MR) is 122 cm³/mol. The molecule has 0 unspecified atom stereocenters. The zero-order valence-electron chi connectivity index (χ0n) is 17.9. The van der Waals surface area contributed by atoms with E-state index in [1.54, 1.807) is 0 Å². The lowest BCUT2D eigenvalue weighted by molar-refractivity contribution is -0.137. The number of hydrogen-bond acceptors (Lipinski definition) is 5. The summed E-state index contributed by atoms with van der Waals surface area (Å²) in [4.78, 5) is 25.7. The fourth-order valence-corrected chi connectivity index (χ4v) is 4.75.